The first-order valence-corrected chi connectivity index (χ1v) is 7.10. The molecule has 2 rings (SSSR count). The van der Waals surface area contributed by atoms with Crippen molar-refractivity contribution < 1.29 is 4.92 Å². The van der Waals surface area contributed by atoms with Crippen molar-refractivity contribution in [2.45, 2.75) is 32.6 Å². The molecule has 1 aromatic carbocycles. The highest BCUT2D eigenvalue weighted by Gasteiger charge is 2.41. The van der Waals surface area contributed by atoms with E-state index in [-0.39, 0.29) is 10.7 Å². The average Bonchev–Trinajstić information content (AvgIpc) is 3.11. The summed E-state index contributed by atoms with van der Waals surface area (Å²) in [6.07, 6.45) is 4.65. The Bertz CT molecular complexity index is 502. The smallest absolute Gasteiger partial charge is 0.293 e. The summed E-state index contributed by atoms with van der Waals surface area (Å²) in [5.41, 5.74) is 0.734. The summed E-state index contributed by atoms with van der Waals surface area (Å²) in [5, 5.41) is 14.7. The maximum absolute atomic E-state index is 11.0. The van der Waals surface area contributed by atoms with Gasteiger partial charge >= 0.3 is 0 Å². The molecule has 0 bridgehead atoms. The van der Waals surface area contributed by atoms with Gasteiger partial charge < -0.3 is 5.32 Å². The van der Waals surface area contributed by atoms with Crippen LogP contribution in [0.2, 0.25) is 10.0 Å². The second-order valence-electron chi connectivity index (χ2n) is 5.14. The summed E-state index contributed by atoms with van der Waals surface area (Å²) in [6.45, 7) is 2.90. The van der Waals surface area contributed by atoms with Gasteiger partial charge in [0.15, 0.2) is 0 Å². The summed E-state index contributed by atoms with van der Waals surface area (Å²) in [4.78, 5) is 10.6. The summed E-state index contributed by atoms with van der Waals surface area (Å²) >= 11 is 11.7. The Morgan fingerprint density at radius 1 is 1.37 bits per heavy atom. The number of hydrogen-bond donors (Lipinski definition) is 1. The van der Waals surface area contributed by atoms with Gasteiger partial charge in [-0.25, -0.2) is 0 Å². The fraction of sp³-hybridized carbons (Fsp3) is 0.538. The minimum absolute atomic E-state index is 0.0262. The molecule has 4 nitrogen and oxygen atoms in total. The van der Waals surface area contributed by atoms with Crippen LogP contribution in [0.5, 0.6) is 0 Å². The van der Waals surface area contributed by atoms with Gasteiger partial charge in [-0.1, -0.05) is 36.5 Å². The zero-order valence-corrected chi connectivity index (χ0v) is 12.2. The number of nitro benzene ring substituents is 1. The van der Waals surface area contributed by atoms with E-state index in [1.54, 1.807) is 0 Å². The third-order valence-electron chi connectivity index (χ3n) is 3.63. The van der Waals surface area contributed by atoms with E-state index >= 15 is 0 Å². The molecule has 1 N–H and O–H groups in total. The van der Waals surface area contributed by atoms with Crippen LogP contribution < -0.4 is 5.32 Å². The SMILES string of the molecule is CCCC1(CNc2cc(Cl)c(Cl)cc2[N+](=O)[O-])CC1. The number of benzene rings is 1. The van der Waals surface area contributed by atoms with Crippen LogP contribution in [-0.2, 0) is 0 Å². The Kier molecular flexibility index (Phi) is 4.21. The predicted octanol–water partition coefficient (Wildman–Crippen LogP) is 4.89. The topological polar surface area (TPSA) is 55.2 Å². The van der Waals surface area contributed by atoms with Crippen molar-refractivity contribution in [1.82, 2.24) is 0 Å². The lowest BCUT2D eigenvalue weighted by molar-refractivity contribution is -0.383. The highest BCUT2D eigenvalue weighted by atomic mass is 35.5. The molecule has 0 unspecified atom stereocenters. The number of hydrogen-bond acceptors (Lipinski definition) is 3. The van der Waals surface area contributed by atoms with E-state index in [4.69, 9.17) is 23.2 Å². The molecule has 0 saturated heterocycles. The highest BCUT2D eigenvalue weighted by molar-refractivity contribution is 6.42. The van der Waals surface area contributed by atoms with Crippen LogP contribution in [0.15, 0.2) is 12.1 Å². The molecule has 0 spiro atoms. The Labute approximate surface area is 122 Å². The number of rotatable bonds is 6. The van der Waals surface area contributed by atoms with Crippen LogP contribution in [0, 0.1) is 15.5 Å². The molecule has 1 fully saturated rings. The van der Waals surface area contributed by atoms with Gasteiger partial charge in [-0.05, 0) is 30.7 Å². The first kappa shape index (κ1) is 14.4. The molecule has 1 aromatic rings. The number of halogens is 2. The molecular weight excluding hydrogens is 287 g/mol. The zero-order valence-electron chi connectivity index (χ0n) is 10.7. The molecule has 19 heavy (non-hydrogen) atoms. The van der Waals surface area contributed by atoms with E-state index in [2.05, 4.69) is 12.2 Å². The average molecular weight is 303 g/mol. The van der Waals surface area contributed by atoms with E-state index in [1.165, 1.54) is 25.0 Å². The summed E-state index contributed by atoms with van der Waals surface area (Å²) in [6, 6.07) is 2.83. The largest absolute Gasteiger partial charge is 0.379 e. The van der Waals surface area contributed by atoms with Gasteiger partial charge in [0.2, 0.25) is 0 Å². The van der Waals surface area contributed by atoms with Gasteiger partial charge in [0.25, 0.3) is 5.69 Å². The van der Waals surface area contributed by atoms with Crippen molar-refractivity contribution in [3.8, 4) is 0 Å². The van der Waals surface area contributed by atoms with Crippen molar-refractivity contribution in [3.05, 3.63) is 32.3 Å². The van der Waals surface area contributed by atoms with Crippen molar-refractivity contribution in [2.75, 3.05) is 11.9 Å². The molecule has 6 heteroatoms. The van der Waals surface area contributed by atoms with Crippen molar-refractivity contribution in [3.63, 3.8) is 0 Å². The molecule has 1 aliphatic rings. The Balaban J connectivity index is 2.15. The molecule has 1 saturated carbocycles. The van der Waals surface area contributed by atoms with Crippen LogP contribution >= 0.6 is 23.2 Å². The van der Waals surface area contributed by atoms with E-state index < -0.39 is 4.92 Å². The first-order chi connectivity index (χ1) is 8.97. The van der Waals surface area contributed by atoms with Crippen LogP contribution in [0.25, 0.3) is 0 Å². The Morgan fingerprint density at radius 2 is 2.00 bits per heavy atom. The third-order valence-corrected chi connectivity index (χ3v) is 4.35. The van der Waals surface area contributed by atoms with Gasteiger partial charge in [-0.2, -0.15) is 0 Å². The zero-order chi connectivity index (χ0) is 14.0. The molecule has 0 heterocycles. The number of nitrogens with zero attached hydrogens (tertiary/aromatic N) is 1. The fourth-order valence-corrected chi connectivity index (χ4v) is 2.66. The lowest BCUT2D eigenvalue weighted by atomic mass is 10.0. The molecule has 104 valence electrons. The molecule has 0 aromatic heterocycles. The van der Waals surface area contributed by atoms with Gasteiger partial charge in [0, 0.05) is 12.6 Å². The number of nitro groups is 1. The molecular formula is C13H16Cl2N2O2. The lowest BCUT2D eigenvalue weighted by Gasteiger charge is -2.16. The third kappa shape index (κ3) is 3.31. The van der Waals surface area contributed by atoms with E-state index in [9.17, 15) is 10.1 Å². The molecule has 0 atom stereocenters. The quantitative estimate of drug-likeness (QED) is 0.601. The van der Waals surface area contributed by atoms with Crippen molar-refractivity contribution in [2.24, 2.45) is 5.41 Å². The molecule has 1 aliphatic carbocycles. The van der Waals surface area contributed by atoms with Crippen LogP contribution in [-0.4, -0.2) is 11.5 Å². The number of nitrogens with one attached hydrogen (secondary N) is 1. The normalized spacial score (nSPS) is 16.2. The molecule has 0 aliphatic heterocycles. The minimum atomic E-state index is -0.441. The molecule has 0 radical (unpaired) electrons. The standard InChI is InChI=1S/C13H16Cl2N2O2/c1-2-3-13(4-5-13)8-16-11-6-9(14)10(15)7-12(11)17(18)19/h6-7,16H,2-5,8H2,1H3. The second-order valence-corrected chi connectivity index (χ2v) is 5.96. The van der Waals surface area contributed by atoms with Gasteiger partial charge in [-0.15, -0.1) is 0 Å². The fourth-order valence-electron chi connectivity index (χ4n) is 2.33. The predicted molar refractivity (Wildman–Crippen MR) is 78.2 cm³/mol. The first-order valence-electron chi connectivity index (χ1n) is 6.35. The summed E-state index contributed by atoms with van der Waals surface area (Å²) in [7, 11) is 0. The Morgan fingerprint density at radius 3 is 2.53 bits per heavy atom. The summed E-state index contributed by atoms with van der Waals surface area (Å²) in [5.74, 6) is 0. The van der Waals surface area contributed by atoms with Crippen LogP contribution in [0.1, 0.15) is 32.6 Å². The van der Waals surface area contributed by atoms with Gasteiger partial charge in [-0.3, -0.25) is 10.1 Å². The highest BCUT2D eigenvalue weighted by Crippen LogP contribution is 2.50. The lowest BCUT2D eigenvalue weighted by Crippen LogP contribution is -2.16. The van der Waals surface area contributed by atoms with E-state index in [1.807, 2.05) is 0 Å². The Hall–Kier alpha value is -1.00. The van der Waals surface area contributed by atoms with Crippen molar-refractivity contribution in [1.29, 1.82) is 0 Å². The van der Waals surface area contributed by atoms with E-state index in [0.29, 0.717) is 16.1 Å². The monoisotopic (exact) mass is 302 g/mol. The maximum Gasteiger partial charge on any atom is 0.293 e. The number of anilines is 1. The van der Waals surface area contributed by atoms with Crippen LogP contribution in [0.3, 0.4) is 0 Å². The summed E-state index contributed by atoms with van der Waals surface area (Å²) < 4.78 is 0. The maximum atomic E-state index is 11.0. The van der Waals surface area contributed by atoms with Gasteiger partial charge in [0.05, 0.1) is 15.0 Å². The van der Waals surface area contributed by atoms with E-state index in [0.717, 1.165) is 19.4 Å². The second kappa shape index (κ2) is 5.55. The molecule has 0 amide bonds. The van der Waals surface area contributed by atoms with Crippen LogP contribution in [0.4, 0.5) is 11.4 Å². The van der Waals surface area contributed by atoms with Gasteiger partial charge in [0.1, 0.15) is 5.69 Å². The van der Waals surface area contributed by atoms with Crippen molar-refractivity contribution >= 4 is 34.6 Å². The minimum Gasteiger partial charge on any atom is -0.379 e.